The Labute approximate surface area is 179 Å². The van der Waals surface area contributed by atoms with Crippen LogP contribution in [0.4, 0.5) is 0 Å². The molecule has 3 rings (SSSR count). The van der Waals surface area contributed by atoms with E-state index in [9.17, 15) is 0 Å². The van der Waals surface area contributed by atoms with Crippen LogP contribution in [0.3, 0.4) is 0 Å². The minimum Gasteiger partial charge on any atom is -0.457 e. The molecule has 0 saturated heterocycles. The van der Waals surface area contributed by atoms with Gasteiger partial charge in [-0.2, -0.15) is 5.10 Å². The number of aryl methyl sites for hydroxylation is 2. The molecule has 0 bridgehead atoms. The molecule has 158 valence electrons. The number of guanidine groups is 1. The van der Waals surface area contributed by atoms with Crippen molar-refractivity contribution in [3.05, 3.63) is 77.1 Å². The molecule has 3 aromatic rings. The summed E-state index contributed by atoms with van der Waals surface area (Å²) < 4.78 is 7.87. The van der Waals surface area contributed by atoms with E-state index in [0.29, 0.717) is 6.54 Å². The number of rotatable bonds is 7. The van der Waals surface area contributed by atoms with Gasteiger partial charge in [-0.25, -0.2) is 0 Å². The predicted molar refractivity (Wildman–Crippen MR) is 122 cm³/mol. The summed E-state index contributed by atoms with van der Waals surface area (Å²) in [6.07, 6.45) is 0.895. The lowest BCUT2D eigenvalue weighted by Gasteiger charge is -2.18. The van der Waals surface area contributed by atoms with Gasteiger partial charge in [0.1, 0.15) is 11.5 Å². The molecule has 0 amide bonds. The Morgan fingerprint density at radius 1 is 1.10 bits per heavy atom. The first-order valence-corrected chi connectivity index (χ1v) is 10.2. The van der Waals surface area contributed by atoms with Gasteiger partial charge in [-0.15, -0.1) is 0 Å². The monoisotopic (exact) mass is 405 g/mol. The van der Waals surface area contributed by atoms with Crippen molar-refractivity contribution >= 4 is 5.96 Å². The van der Waals surface area contributed by atoms with E-state index in [0.717, 1.165) is 35.1 Å². The number of nitrogens with one attached hydrogen (secondary N) is 2. The molecule has 30 heavy (non-hydrogen) atoms. The maximum atomic E-state index is 5.93. The molecule has 1 atom stereocenters. The summed E-state index contributed by atoms with van der Waals surface area (Å²) in [6, 6.07) is 18.1. The minimum absolute atomic E-state index is 0.227. The summed E-state index contributed by atoms with van der Waals surface area (Å²) in [5, 5.41) is 11.4. The SMILES string of the molecule is CN=C(NCc1cccc(Oc2ccccc2)c1)NC(C)Cc1c(C)nn(C)c1C. The minimum atomic E-state index is 0.227. The molecule has 1 aromatic heterocycles. The summed E-state index contributed by atoms with van der Waals surface area (Å²) >= 11 is 0. The van der Waals surface area contributed by atoms with Crippen LogP contribution in [0.5, 0.6) is 11.5 Å². The van der Waals surface area contributed by atoms with Gasteiger partial charge < -0.3 is 15.4 Å². The maximum absolute atomic E-state index is 5.93. The highest BCUT2D eigenvalue weighted by Gasteiger charge is 2.14. The second-order valence-electron chi connectivity index (χ2n) is 7.51. The Bertz CT molecular complexity index is 994. The largest absolute Gasteiger partial charge is 0.457 e. The zero-order chi connectivity index (χ0) is 21.5. The van der Waals surface area contributed by atoms with Gasteiger partial charge in [0.05, 0.1) is 5.69 Å². The van der Waals surface area contributed by atoms with Gasteiger partial charge in [0.15, 0.2) is 5.96 Å². The van der Waals surface area contributed by atoms with Crippen LogP contribution < -0.4 is 15.4 Å². The number of hydrogen-bond acceptors (Lipinski definition) is 3. The van der Waals surface area contributed by atoms with Crippen molar-refractivity contribution in [2.45, 2.75) is 39.8 Å². The zero-order valence-electron chi connectivity index (χ0n) is 18.4. The first kappa shape index (κ1) is 21.4. The van der Waals surface area contributed by atoms with E-state index in [1.165, 1.54) is 11.3 Å². The van der Waals surface area contributed by atoms with Crippen LogP contribution >= 0.6 is 0 Å². The maximum Gasteiger partial charge on any atom is 0.191 e. The van der Waals surface area contributed by atoms with E-state index in [4.69, 9.17) is 4.74 Å². The fourth-order valence-corrected chi connectivity index (χ4v) is 3.43. The number of ether oxygens (including phenoxy) is 1. The van der Waals surface area contributed by atoms with Crippen LogP contribution in [-0.4, -0.2) is 28.8 Å². The molecule has 6 nitrogen and oxygen atoms in total. The van der Waals surface area contributed by atoms with Crippen molar-refractivity contribution in [2.75, 3.05) is 7.05 Å². The highest BCUT2D eigenvalue weighted by Crippen LogP contribution is 2.21. The fraction of sp³-hybridized carbons (Fsp3) is 0.333. The molecular weight excluding hydrogens is 374 g/mol. The lowest BCUT2D eigenvalue weighted by atomic mass is 10.1. The first-order chi connectivity index (χ1) is 14.5. The van der Waals surface area contributed by atoms with Crippen molar-refractivity contribution in [1.82, 2.24) is 20.4 Å². The van der Waals surface area contributed by atoms with Gasteiger partial charge in [0.25, 0.3) is 0 Å². The van der Waals surface area contributed by atoms with Gasteiger partial charge in [-0.1, -0.05) is 30.3 Å². The molecular formula is C24H31N5O. The number of para-hydroxylation sites is 1. The number of hydrogen-bond donors (Lipinski definition) is 2. The number of aliphatic imine (C=N–C) groups is 1. The van der Waals surface area contributed by atoms with E-state index >= 15 is 0 Å². The predicted octanol–water partition coefficient (Wildman–Crippen LogP) is 4.13. The molecule has 0 aliphatic carbocycles. The third kappa shape index (κ3) is 5.63. The molecule has 2 N–H and O–H groups in total. The number of benzene rings is 2. The van der Waals surface area contributed by atoms with Crippen LogP contribution in [0.15, 0.2) is 59.6 Å². The molecule has 0 aliphatic heterocycles. The average Bonchev–Trinajstić information content (AvgIpc) is 2.98. The van der Waals surface area contributed by atoms with E-state index < -0.39 is 0 Å². The van der Waals surface area contributed by atoms with Crippen molar-refractivity contribution < 1.29 is 4.74 Å². The molecule has 0 radical (unpaired) electrons. The first-order valence-electron chi connectivity index (χ1n) is 10.2. The third-order valence-electron chi connectivity index (χ3n) is 5.11. The Morgan fingerprint density at radius 2 is 1.83 bits per heavy atom. The van der Waals surface area contributed by atoms with Crippen molar-refractivity contribution in [2.24, 2.45) is 12.0 Å². The van der Waals surface area contributed by atoms with Crippen molar-refractivity contribution in [3.63, 3.8) is 0 Å². The quantitative estimate of drug-likeness (QED) is 0.458. The molecule has 2 aromatic carbocycles. The zero-order valence-corrected chi connectivity index (χ0v) is 18.4. The molecule has 0 spiro atoms. The van der Waals surface area contributed by atoms with Crippen molar-refractivity contribution in [1.29, 1.82) is 0 Å². The highest BCUT2D eigenvalue weighted by atomic mass is 16.5. The van der Waals surface area contributed by atoms with Gasteiger partial charge in [-0.05, 0) is 62.6 Å². The smallest absolute Gasteiger partial charge is 0.191 e. The molecule has 1 heterocycles. The van der Waals surface area contributed by atoms with Crippen LogP contribution in [0.2, 0.25) is 0 Å². The fourth-order valence-electron chi connectivity index (χ4n) is 3.43. The van der Waals surface area contributed by atoms with Crippen LogP contribution in [0.25, 0.3) is 0 Å². The molecule has 1 unspecified atom stereocenters. The summed E-state index contributed by atoms with van der Waals surface area (Å²) in [4.78, 5) is 4.37. The highest BCUT2D eigenvalue weighted by molar-refractivity contribution is 5.80. The topological polar surface area (TPSA) is 63.5 Å². The summed E-state index contributed by atoms with van der Waals surface area (Å²) in [5.74, 6) is 2.42. The van der Waals surface area contributed by atoms with Gasteiger partial charge >= 0.3 is 0 Å². The van der Waals surface area contributed by atoms with Crippen molar-refractivity contribution in [3.8, 4) is 11.5 Å². The van der Waals surface area contributed by atoms with E-state index in [1.807, 2.05) is 60.3 Å². The van der Waals surface area contributed by atoms with Crippen LogP contribution in [-0.2, 0) is 20.0 Å². The van der Waals surface area contributed by atoms with E-state index in [2.05, 4.69) is 47.6 Å². The molecule has 6 heteroatoms. The van der Waals surface area contributed by atoms with E-state index in [1.54, 1.807) is 7.05 Å². The number of aromatic nitrogens is 2. The Hall–Kier alpha value is -3.28. The lowest BCUT2D eigenvalue weighted by molar-refractivity contribution is 0.482. The van der Waals surface area contributed by atoms with Crippen LogP contribution in [0, 0.1) is 13.8 Å². The molecule has 0 fully saturated rings. The van der Waals surface area contributed by atoms with Gasteiger partial charge in [0.2, 0.25) is 0 Å². The summed E-state index contributed by atoms with van der Waals surface area (Å²) in [7, 11) is 3.78. The Morgan fingerprint density at radius 3 is 2.50 bits per heavy atom. The number of nitrogens with zero attached hydrogens (tertiary/aromatic N) is 3. The van der Waals surface area contributed by atoms with Crippen LogP contribution in [0.1, 0.15) is 29.4 Å². The van der Waals surface area contributed by atoms with Gasteiger partial charge in [-0.3, -0.25) is 9.67 Å². The second-order valence-corrected chi connectivity index (χ2v) is 7.51. The second kappa shape index (κ2) is 9.96. The molecule has 0 aliphatic rings. The van der Waals surface area contributed by atoms with E-state index in [-0.39, 0.29) is 6.04 Å². The average molecular weight is 406 g/mol. The normalized spacial score (nSPS) is 12.5. The summed E-state index contributed by atoms with van der Waals surface area (Å²) in [6.45, 7) is 6.99. The van der Waals surface area contributed by atoms with Gasteiger partial charge in [0, 0.05) is 32.4 Å². The third-order valence-corrected chi connectivity index (χ3v) is 5.11. The Kier molecular flexibility index (Phi) is 7.12. The Balaban J connectivity index is 1.55. The summed E-state index contributed by atoms with van der Waals surface area (Å²) in [5.41, 5.74) is 4.71. The molecule has 0 saturated carbocycles. The lowest BCUT2D eigenvalue weighted by Crippen LogP contribution is -2.42. The standard InChI is InChI=1S/C24H31N5O/c1-17(14-23-18(2)28-29(5)19(23)3)27-24(25-4)26-16-20-10-9-13-22(15-20)30-21-11-7-6-8-12-21/h6-13,15,17H,14,16H2,1-5H3,(H2,25,26,27).